The Morgan fingerprint density at radius 1 is 1.17 bits per heavy atom. The van der Waals surface area contributed by atoms with Gasteiger partial charge in [0.2, 0.25) is 5.28 Å². The molecule has 0 bridgehead atoms. The zero-order chi connectivity index (χ0) is 33.1. The van der Waals surface area contributed by atoms with Gasteiger partial charge in [-0.3, -0.25) is 4.57 Å². The first-order chi connectivity index (χ1) is 22.0. The Labute approximate surface area is 273 Å². The van der Waals surface area contributed by atoms with Crippen LogP contribution in [0.5, 0.6) is 0 Å². The average Bonchev–Trinajstić information content (AvgIpc) is 3.57. The van der Waals surface area contributed by atoms with E-state index in [1.54, 1.807) is 42.5 Å². The summed E-state index contributed by atoms with van der Waals surface area (Å²) >= 11 is 12.5. The van der Waals surface area contributed by atoms with Crippen LogP contribution in [0.1, 0.15) is 24.3 Å². The van der Waals surface area contributed by atoms with Crippen molar-refractivity contribution in [2.45, 2.75) is 49.5 Å². The zero-order valence-electron chi connectivity index (χ0n) is 24.3. The fourth-order valence-corrected chi connectivity index (χ4v) is 5.46. The van der Waals surface area contributed by atoms with Crippen LogP contribution in [0, 0.1) is 12.3 Å². The van der Waals surface area contributed by atoms with Crippen molar-refractivity contribution in [3.63, 3.8) is 0 Å². The minimum Gasteiger partial charge on any atom is -0.479 e. The molecule has 2 aromatic carbocycles. The number of benzene rings is 2. The zero-order valence-corrected chi connectivity index (χ0v) is 25.9. The number of nitrogens with one attached hydrogen (secondary N) is 1. The molecule has 3 heterocycles. The molecule has 1 aliphatic heterocycles. The minimum atomic E-state index is -2.52. The lowest BCUT2D eigenvalue weighted by molar-refractivity contribution is -0.194. The van der Waals surface area contributed by atoms with E-state index in [1.165, 1.54) is 17.8 Å². The molecule has 0 spiro atoms. The molecule has 0 radical (unpaired) electrons. The minimum absolute atomic E-state index is 0.117. The van der Waals surface area contributed by atoms with Gasteiger partial charge in [0.15, 0.2) is 28.8 Å². The van der Waals surface area contributed by atoms with Crippen molar-refractivity contribution in [2.75, 3.05) is 18.5 Å². The molecule has 0 aliphatic carbocycles. The topological polar surface area (TPSA) is 178 Å². The Morgan fingerprint density at radius 2 is 1.89 bits per heavy atom. The van der Waals surface area contributed by atoms with Gasteiger partial charge in [-0.25, -0.2) is 14.6 Å². The highest BCUT2D eigenvalue weighted by Crippen LogP contribution is 2.40. The molecule has 0 saturated carbocycles. The van der Waals surface area contributed by atoms with Crippen molar-refractivity contribution in [1.29, 1.82) is 0 Å². The number of anilines is 1. The fraction of sp³-hybridized carbons (Fsp3) is 0.323. The number of aliphatic carboxylic acids is 1. The van der Waals surface area contributed by atoms with Crippen LogP contribution < -0.4 is 5.32 Å². The lowest BCUT2D eigenvalue weighted by Gasteiger charge is -2.31. The van der Waals surface area contributed by atoms with Crippen LogP contribution in [0.3, 0.4) is 0 Å². The van der Waals surface area contributed by atoms with Gasteiger partial charge in [-0.05, 0) is 35.7 Å². The van der Waals surface area contributed by atoms with E-state index in [9.17, 15) is 24.9 Å². The Hall–Kier alpha value is -4.29. The molecular formula is C31H29Cl2N5O8. The largest absolute Gasteiger partial charge is 0.479 e. The average molecular weight is 671 g/mol. The van der Waals surface area contributed by atoms with Crippen molar-refractivity contribution in [2.24, 2.45) is 0 Å². The summed E-state index contributed by atoms with van der Waals surface area (Å²) in [5.74, 6) is -0.390. The molecule has 1 saturated heterocycles. The third-order valence-electron chi connectivity index (χ3n) is 7.55. The SMILES string of the molecule is C#C[C@@]1(O)[C@@H](COC(Cc2ccccc2)(C(=O)O)C(=O)OCC)O[C@@H](n2cnc3c(NCc4ccccc4Cl)nc(Cl)nc32)[C@@H]1O. The molecule has 4 aromatic rings. The van der Waals surface area contributed by atoms with Crippen LogP contribution in [-0.4, -0.2) is 83.4 Å². The quantitative estimate of drug-likeness (QED) is 0.0751. The molecule has 2 aromatic heterocycles. The van der Waals surface area contributed by atoms with E-state index in [0.29, 0.717) is 10.6 Å². The van der Waals surface area contributed by atoms with Gasteiger partial charge < -0.3 is 34.8 Å². The number of nitrogens with zero attached hydrogens (tertiary/aromatic N) is 4. The standard InChI is InChI=1S/C31H29Cl2N5O8/c1-3-30(43)21(16-45-31(27(40)41,28(42)44-4-2)14-18-10-6-5-7-11-18)46-26(23(30)39)38-17-35-22-24(36-29(33)37-25(22)38)34-15-19-12-8-9-13-20(19)32/h1,5-13,17,21,23,26,39,43H,4,14-16H2,2H3,(H,40,41)(H,34,36,37)/t21-,23+,26-,30-,31?/m1/s1. The second-order valence-corrected chi connectivity index (χ2v) is 11.1. The summed E-state index contributed by atoms with van der Waals surface area (Å²) in [4.78, 5) is 38.5. The van der Waals surface area contributed by atoms with Crippen molar-refractivity contribution in [3.8, 4) is 12.3 Å². The number of carbonyl (C=O) groups is 2. The number of hydrogen-bond acceptors (Lipinski definition) is 11. The van der Waals surface area contributed by atoms with Gasteiger partial charge in [0.25, 0.3) is 5.60 Å². The smallest absolute Gasteiger partial charge is 0.350 e. The Kier molecular flexibility index (Phi) is 9.78. The van der Waals surface area contributed by atoms with E-state index in [2.05, 4.69) is 26.2 Å². The van der Waals surface area contributed by atoms with Crippen LogP contribution >= 0.6 is 23.2 Å². The van der Waals surface area contributed by atoms with Crippen LogP contribution in [-0.2, 0) is 36.8 Å². The number of fused-ring (bicyclic) bond motifs is 1. The van der Waals surface area contributed by atoms with Crippen molar-refractivity contribution in [3.05, 3.63) is 82.4 Å². The van der Waals surface area contributed by atoms with E-state index >= 15 is 0 Å². The predicted octanol–water partition coefficient (Wildman–Crippen LogP) is 3.01. The molecule has 13 nitrogen and oxygen atoms in total. The number of rotatable bonds is 12. The van der Waals surface area contributed by atoms with Crippen molar-refractivity contribution in [1.82, 2.24) is 19.5 Å². The van der Waals surface area contributed by atoms with Crippen LogP contribution in [0.2, 0.25) is 10.3 Å². The summed E-state index contributed by atoms with van der Waals surface area (Å²) in [7, 11) is 0. The molecule has 1 unspecified atom stereocenters. The monoisotopic (exact) mass is 669 g/mol. The van der Waals surface area contributed by atoms with Crippen molar-refractivity contribution >= 4 is 52.1 Å². The Morgan fingerprint density at radius 3 is 2.57 bits per heavy atom. The van der Waals surface area contributed by atoms with Gasteiger partial charge in [-0.1, -0.05) is 66.1 Å². The molecule has 5 rings (SSSR count). The number of aliphatic hydroxyl groups excluding tert-OH is 1. The molecule has 0 amide bonds. The maximum absolute atomic E-state index is 13.1. The van der Waals surface area contributed by atoms with Crippen LogP contribution in [0.4, 0.5) is 5.82 Å². The second-order valence-electron chi connectivity index (χ2n) is 10.4. The lowest BCUT2D eigenvalue weighted by atomic mass is 9.92. The van der Waals surface area contributed by atoms with Crippen LogP contribution in [0.25, 0.3) is 11.2 Å². The Balaban J connectivity index is 1.44. The van der Waals surface area contributed by atoms with Gasteiger partial charge in [0, 0.05) is 18.0 Å². The summed E-state index contributed by atoms with van der Waals surface area (Å²) < 4.78 is 18.1. The highest BCUT2D eigenvalue weighted by Gasteiger charge is 2.58. The number of imidazole rings is 1. The Bertz CT molecular complexity index is 1780. The first-order valence-electron chi connectivity index (χ1n) is 14.0. The number of carboxylic acid groups (broad SMARTS) is 1. The molecule has 46 heavy (non-hydrogen) atoms. The maximum Gasteiger partial charge on any atom is 0.350 e. The van der Waals surface area contributed by atoms with E-state index < -0.39 is 54.6 Å². The number of esters is 1. The van der Waals surface area contributed by atoms with Crippen LogP contribution in [0.15, 0.2) is 60.9 Å². The number of terminal acetylenes is 1. The third-order valence-corrected chi connectivity index (χ3v) is 8.08. The number of ether oxygens (including phenoxy) is 3. The number of aliphatic hydroxyl groups is 2. The highest BCUT2D eigenvalue weighted by molar-refractivity contribution is 6.31. The molecule has 1 fully saturated rings. The van der Waals surface area contributed by atoms with Gasteiger partial charge in [0.05, 0.1) is 19.5 Å². The van der Waals surface area contributed by atoms with Gasteiger partial charge in [-0.2, -0.15) is 9.97 Å². The first kappa shape index (κ1) is 33.1. The normalized spacial score (nSPS) is 22.2. The number of halogens is 2. The predicted molar refractivity (Wildman–Crippen MR) is 166 cm³/mol. The van der Waals surface area contributed by atoms with Crippen molar-refractivity contribution < 1.29 is 39.1 Å². The molecular weight excluding hydrogens is 641 g/mol. The molecule has 15 heteroatoms. The number of hydrogen-bond donors (Lipinski definition) is 4. The van der Waals surface area contributed by atoms with E-state index in [0.717, 1.165) is 5.56 Å². The fourth-order valence-electron chi connectivity index (χ4n) is 5.09. The first-order valence-corrected chi connectivity index (χ1v) is 14.8. The summed E-state index contributed by atoms with van der Waals surface area (Å²) in [6, 6.07) is 15.5. The molecule has 240 valence electrons. The third kappa shape index (κ3) is 6.23. The highest BCUT2D eigenvalue weighted by atomic mass is 35.5. The summed E-state index contributed by atoms with van der Waals surface area (Å²) in [5, 5.41) is 36.4. The number of carbonyl (C=O) groups excluding carboxylic acids is 1. The number of aromatic nitrogens is 4. The van der Waals surface area contributed by atoms with Gasteiger partial charge in [-0.15, -0.1) is 6.42 Å². The summed E-state index contributed by atoms with van der Waals surface area (Å²) in [5.41, 5.74) is -3.28. The summed E-state index contributed by atoms with van der Waals surface area (Å²) in [6.07, 6.45) is 1.86. The lowest BCUT2D eigenvalue weighted by Crippen LogP contribution is -2.55. The maximum atomic E-state index is 13.1. The second kappa shape index (κ2) is 13.6. The molecule has 5 atom stereocenters. The van der Waals surface area contributed by atoms with Gasteiger partial charge in [0.1, 0.15) is 12.2 Å². The van der Waals surface area contributed by atoms with E-state index in [-0.39, 0.29) is 35.4 Å². The van der Waals surface area contributed by atoms with Gasteiger partial charge >= 0.3 is 11.9 Å². The molecule has 1 aliphatic rings. The summed E-state index contributed by atoms with van der Waals surface area (Å²) in [6.45, 7) is 0.963. The molecule has 4 N–H and O–H groups in total. The number of carboxylic acids is 1. The van der Waals surface area contributed by atoms with E-state index in [1.807, 2.05) is 12.1 Å². The van der Waals surface area contributed by atoms with E-state index in [4.69, 9.17) is 43.8 Å².